The summed E-state index contributed by atoms with van der Waals surface area (Å²) in [4.78, 5) is 0. The van der Waals surface area contributed by atoms with Crippen molar-refractivity contribution < 1.29 is 5.11 Å². The van der Waals surface area contributed by atoms with Crippen LogP contribution in [-0.4, -0.2) is 5.11 Å². The molecule has 2 aromatic carbocycles. The van der Waals surface area contributed by atoms with Crippen LogP contribution in [0, 0.1) is 0 Å². The van der Waals surface area contributed by atoms with Gasteiger partial charge in [0.1, 0.15) is 5.75 Å². The molecule has 2 rings (SSSR count). The molecule has 0 fully saturated rings. The lowest BCUT2D eigenvalue weighted by atomic mass is 9.78. The minimum atomic E-state index is 0.339. The van der Waals surface area contributed by atoms with Gasteiger partial charge in [-0.1, -0.05) is 56.3 Å². The van der Waals surface area contributed by atoms with E-state index in [1.54, 1.807) is 12.1 Å². The quantitative estimate of drug-likeness (QED) is 0.789. The van der Waals surface area contributed by atoms with Gasteiger partial charge in [0.05, 0.1) is 0 Å². The van der Waals surface area contributed by atoms with Gasteiger partial charge in [0.15, 0.2) is 0 Å². The van der Waals surface area contributed by atoms with E-state index in [0.717, 1.165) is 12.8 Å². The molecule has 2 atom stereocenters. The Hall–Kier alpha value is -1.76. The van der Waals surface area contributed by atoms with E-state index in [4.69, 9.17) is 0 Å². The maximum Gasteiger partial charge on any atom is 0.115 e. The number of aromatic hydroxyl groups is 1. The highest BCUT2D eigenvalue weighted by molar-refractivity contribution is 5.32. The van der Waals surface area contributed by atoms with Crippen molar-refractivity contribution in [2.45, 2.75) is 38.5 Å². The second-order valence-electron chi connectivity index (χ2n) is 5.03. The Labute approximate surface area is 115 Å². The van der Waals surface area contributed by atoms with Crippen molar-refractivity contribution in [2.24, 2.45) is 0 Å². The van der Waals surface area contributed by atoms with Gasteiger partial charge in [-0.15, -0.1) is 0 Å². The highest BCUT2D eigenvalue weighted by atomic mass is 16.3. The highest BCUT2D eigenvalue weighted by Gasteiger charge is 2.21. The summed E-state index contributed by atoms with van der Waals surface area (Å²) in [5.74, 6) is 1.38. The molecule has 0 saturated heterocycles. The van der Waals surface area contributed by atoms with Crippen molar-refractivity contribution in [3.05, 3.63) is 65.7 Å². The fraction of sp³-hybridized carbons (Fsp3) is 0.333. The Balaban J connectivity index is 2.31. The Bertz CT molecular complexity index is 487. The molecule has 0 saturated carbocycles. The van der Waals surface area contributed by atoms with E-state index in [-0.39, 0.29) is 0 Å². The molecule has 0 aliphatic carbocycles. The zero-order chi connectivity index (χ0) is 13.7. The number of benzene rings is 2. The van der Waals surface area contributed by atoms with Gasteiger partial charge in [0.25, 0.3) is 0 Å². The minimum Gasteiger partial charge on any atom is -0.508 e. The summed E-state index contributed by atoms with van der Waals surface area (Å²) >= 11 is 0. The van der Waals surface area contributed by atoms with Crippen LogP contribution in [0.3, 0.4) is 0 Å². The number of phenols is 1. The van der Waals surface area contributed by atoms with Gasteiger partial charge < -0.3 is 5.11 Å². The van der Waals surface area contributed by atoms with Crippen molar-refractivity contribution in [1.82, 2.24) is 0 Å². The van der Waals surface area contributed by atoms with Gasteiger partial charge >= 0.3 is 0 Å². The van der Waals surface area contributed by atoms with Gasteiger partial charge in [-0.05, 0) is 47.9 Å². The molecule has 0 amide bonds. The molecule has 19 heavy (non-hydrogen) atoms. The fourth-order valence-electron chi connectivity index (χ4n) is 2.93. The zero-order valence-electron chi connectivity index (χ0n) is 11.7. The fourth-order valence-corrected chi connectivity index (χ4v) is 2.93. The summed E-state index contributed by atoms with van der Waals surface area (Å²) in [7, 11) is 0. The standard InChI is InChI=1S/C18H22O/c1-3-17(14-8-6-5-7-9-14)18(4-2)15-10-12-16(19)13-11-15/h5-13,17-19H,3-4H2,1-2H3/t17-,18-/m0/s1. The molecular formula is C18H22O. The van der Waals surface area contributed by atoms with Gasteiger partial charge in [0.2, 0.25) is 0 Å². The van der Waals surface area contributed by atoms with Crippen LogP contribution in [0.5, 0.6) is 5.75 Å². The number of phenolic OH excluding ortho intramolecular Hbond substituents is 1. The van der Waals surface area contributed by atoms with Crippen LogP contribution in [0.2, 0.25) is 0 Å². The molecule has 0 unspecified atom stereocenters. The van der Waals surface area contributed by atoms with E-state index < -0.39 is 0 Å². The van der Waals surface area contributed by atoms with Crippen LogP contribution in [0.4, 0.5) is 0 Å². The van der Waals surface area contributed by atoms with E-state index in [0.29, 0.717) is 17.6 Å². The molecule has 100 valence electrons. The first-order chi connectivity index (χ1) is 9.26. The lowest BCUT2D eigenvalue weighted by Gasteiger charge is -2.26. The van der Waals surface area contributed by atoms with Crippen LogP contribution in [0.15, 0.2) is 54.6 Å². The van der Waals surface area contributed by atoms with E-state index in [1.807, 2.05) is 0 Å². The molecule has 0 spiro atoms. The largest absolute Gasteiger partial charge is 0.508 e. The first-order valence-corrected chi connectivity index (χ1v) is 7.10. The Morgan fingerprint density at radius 3 is 1.68 bits per heavy atom. The Morgan fingerprint density at radius 2 is 1.21 bits per heavy atom. The summed E-state index contributed by atoms with van der Waals surface area (Å²) in [6, 6.07) is 18.4. The number of rotatable bonds is 5. The first-order valence-electron chi connectivity index (χ1n) is 7.10. The molecule has 1 N–H and O–H groups in total. The lowest BCUT2D eigenvalue weighted by Crippen LogP contribution is -2.10. The predicted molar refractivity (Wildman–Crippen MR) is 80.6 cm³/mol. The monoisotopic (exact) mass is 254 g/mol. The molecule has 0 aliphatic heterocycles. The highest BCUT2D eigenvalue weighted by Crippen LogP contribution is 2.38. The molecule has 0 radical (unpaired) electrons. The molecule has 0 bridgehead atoms. The SMILES string of the molecule is CC[C@@H](c1ccccc1)[C@@H](CC)c1ccc(O)cc1. The summed E-state index contributed by atoms with van der Waals surface area (Å²) < 4.78 is 0. The average Bonchev–Trinajstić information content (AvgIpc) is 2.47. The maximum atomic E-state index is 9.42. The minimum absolute atomic E-state index is 0.339. The molecule has 1 nitrogen and oxygen atoms in total. The predicted octanol–water partition coefficient (Wildman–Crippen LogP) is 5.08. The Morgan fingerprint density at radius 1 is 0.737 bits per heavy atom. The molecular weight excluding hydrogens is 232 g/mol. The van der Waals surface area contributed by atoms with Gasteiger partial charge in [0, 0.05) is 0 Å². The molecule has 0 aliphatic rings. The maximum absolute atomic E-state index is 9.42. The second kappa shape index (κ2) is 6.42. The van der Waals surface area contributed by atoms with Crippen molar-refractivity contribution in [3.63, 3.8) is 0 Å². The molecule has 0 aromatic heterocycles. The van der Waals surface area contributed by atoms with Gasteiger partial charge in [-0.2, -0.15) is 0 Å². The van der Waals surface area contributed by atoms with E-state index in [9.17, 15) is 5.11 Å². The van der Waals surface area contributed by atoms with Crippen LogP contribution in [-0.2, 0) is 0 Å². The zero-order valence-corrected chi connectivity index (χ0v) is 11.7. The second-order valence-corrected chi connectivity index (χ2v) is 5.03. The third-order valence-corrected chi connectivity index (χ3v) is 3.91. The average molecular weight is 254 g/mol. The van der Waals surface area contributed by atoms with Crippen molar-refractivity contribution in [2.75, 3.05) is 0 Å². The third kappa shape index (κ3) is 3.17. The topological polar surface area (TPSA) is 20.2 Å². The van der Waals surface area contributed by atoms with Crippen LogP contribution >= 0.6 is 0 Å². The lowest BCUT2D eigenvalue weighted by molar-refractivity contribution is 0.473. The molecule has 0 heterocycles. The first kappa shape index (κ1) is 13.7. The summed E-state index contributed by atoms with van der Waals surface area (Å²) in [6.45, 7) is 4.49. The van der Waals surface area contributed by atoms with Gasteiger partial charge in [-0.3, -0.25) is 0 Å². The van der Waals surface area contributed by atoms with Crippen LogP contribution < -0.4 is 0 Å². The van der Waals surface area contributed by atoms with E-state index >= 15 is 0 Å². The Kier molecular flexibility index (Phi) is 4.62. The smallest absolute Gasteiger partial charge is 0.115 e. The summed E-state index contributed by atoms with van der Waals surface area (Å²) in [5.41, 5.74) is 2.72. The van der Waals surface area contributed by atoms with Crippen LogP contribution in [0.25, 0.3) is 0 Å². The summed E-state index contributed by atoms with van der Waals surface area (Å²) in [6.07, 6.45) is 2.24. The van der Waals surface area contributed by atoms with E-state index in [1.165, 1.54) is 11.1 Å². The number of hydrogen-bond acceptors (Lipinski definition) is 1. The molecule has 2 aromatic rings. The van der Waals surface area contributed by atoms with Crippen molar-refractivity contribution in [1.29, 1.82) is 0 Å². The van der Waals surface area contributed by atoms with Gasteiger partial charge in [-0.25, -0.2) is 0 Å². The van der Waals surface area contributed by atoms with Crippen molar-refractivity contribution >= 4 is 0 Å². The normalized spacial score (nSPS) is 14.0. The number of hydrogen-bond donors (Lipinski definition) is 1. The summed E-state index contributed by atoms with van der Waals surface area (Å²) in [5, 5.41) is 9.42. The van der Waals surface area contributed by atoms with Crippen LogP contribution in [0.1, 0.15) is 49.7 Å². The van der Waals surface area contributed by atoms with E-state index in [2.05, 4.69) is 56.3 Å². The molecule has 1 heteroatoms. The third-order valence-electron chi connectivity index (χ3n) is 3.91. The van der Waals surface area contributed by atoms with Crippen molar-refractivity contribution in [3.8, 4) is 5.75 Å².